The molecule has 0 spiro atoms. The fourth-order valence-electron chi connectivity index (χ4n) is 3.19. The normalized spacial score (nSPS) is 13.1. The van der Waals surface area contributed by atoms with E-state index in [1.54, 1.807) is 36.4 Å². The second-order valence-electron chi connectivity index (χ2n) is 6.70. The summed E-state index contributed by atoms with van der Waals surface area (Å²) in [7, 11) is -3.36. The largest absolute Gasteiger partial charge is 0.323 e. The lowest BCUT2D eigenvalue weighted by Gasteiger charge is -2.19. The molecule has 2 aromatic rings. The first kappa shape index (κ1) is 19.9. The second-order valence-corrected chi connectivity index (χ2v) is 8.71. The van der Waals surface area contributed by atoms with Gasteiger partial charge in [0.15, 0.2) is 5.78 Å². The Balaban J connectivity index is 1.75. The van der Waals surface area contributed by atoms with E-state index in [2.05, 4.69) is 10.6 Å². The summed E-state index contributed by atoms with van der Waals surface area (Å²) in [5.41, 5.74) is 3.06. The molecule has 2 N–H and O–H groups in total. The van der Waals surface area contributed by atoms with Gasteiger partial charge in [-0.15, -0.1) is 0 Å². The van der Waals surface area contributed by atoms with Crippen molar-refractivity contribution in [1.29, 1.82) is 0 Å². The van der Waals surface area contributed by atoms with Gasteiger partial charge in [-0.1, -0.05) is 25.1 Å². The van der Waals surface area contributed by atoms with Gasteiger partial charge in [0.2, 0.25) is 10.0 Å². The van der Waals surface area contributed by atoms with Crippen LogP contribution < -0.4 is 14.9 Å². The summed E-state index contributed by atoms with van der Waals surface area (Å²) < 4.78 is 26.3. The highest BCUT2D eigenvalue weighted by atomic mass is 32.2. The molecule has 28 heavy (non-hydrogen) atoms. The molecule has 0 fully saturated rings. The predicted molar refractivity (Wildman–Crippen MR) is 111 cm³/mol. The van der Waals surface area contributed by atoms with Gasteiger partial charge >= 0.3 is 6.03 Å². The molecule has 0 radical (unpaired) electrons. The number of amides is 2. The van der Waals surface area contributed by atoms with Crippen LogP contribution in [0.15, 0.2) is 42.5 Å². The Bertz CT molecular complexity index is 1020. The number of nitrogens with zero attached hydrogens (tertiary/aromatic N) is 1. The zero-order chi connectivity index (χ0) is 20.3. The zero-order valence-electron chi connectivity index (χ0n) is 15.9. The maximum Gasteiger partial charge on any atom is 0.323 e. The minimum atomic E-state index is -3.36. The second kappa shape index (κ2) is 8.02. The molecule has 0 saturated carbocycles. The molecule has 2 amide bonds. The number of hydrogen-bond acceptors (Lipinski definition) is 4. The van der Waals surface area contributed by atoms with E-state index < -0.39 is 16.1 Å². The van der Waals surface area contributed by atoms with Crippen LogP contribution in [-0.4, -0.2) is 32.5 Å². The van der Waals surface area contributed by atoms with Crippen molar-refractivity contribution in [2.75, 3.05) is 27.2 Å². The Hall–Kier alpha value is -2.87. The summed E-state index contributed by atoms with van der Waals surface area (Å²) in [6, 6.07) is 11.5. The third kappa shape index (κ3) is 4.33. The number of carbonyl (C=O) groups excluding carboxylic acids is 2. The van der Waals surface area contributed by atoms with E-state index in [4.69, 9.17) is 0 Å². The minimum absolute atomic E-state index is 0.0870. The number of sulfonamides is 1. The molecule has 1 heterocycles. The number of anilines is 3. The number of urea groups is 1. The van der Waals surface area contributed by atoms with E-state index in [1.807, 2.05) is 13.0 Å². The molecular weight excluding hydrogens is 378 g/mol. The third-order valence-electron chi connectivity index (χ3n) is 4.52. The summed E-state index contributed by atoms with van der Waals surface area (Å²) in [4.78, 5) is 23.8. The highest BCUT2D eigenvalue weighted by molar-refractivity contribution is 7.92. The summed E-state index contributed by atoms with van der Waals surface area (Å²) in [5, 5.41) is 5.40. The maximum absolute atomic E-state index is 12.5. The molecule has 8 heteroatoms. The Morgan fingerprint density at radius 2 is 1.79 bits per heavy atom. The van der Waals surface area contributed by atoms with Crippen LogP contribution >= 0.6 is 0 Å². The third-order valence-corrected chi connectivity index (χ3v) is 6.50. The van der Waals surface area contributed by atoms with E-state index in [-0.39, 0.29) is 11.5 Å². The summed E-state index contributed by atoms with van der Waals surface area (Å²) in [6.45, 7) is 3.71. The maximum atomic E-state index is 12.5. The zero-order valence-corrected chi connectivity index (χ0v) is 16.7. The van der Waals surface area contributed by atoms with Gasteiger partial charge < -0.3 is 10.6 Å². The standard InChI is InChI=1S/C20H23N3O4S/c1-3-11-28(26,27)23-10-9-15-7-8-18(13-19(15)23)22-20(25)21-17-6-4-5-16(12-17)14(2)24/h4-8,12-13H,3,9-11H2,1-2H3,(H2,21,22,25). The van der Waals surface area contributed by atoms with Crippen molar-refractivity contribution in [3.63, 3.8) is 0 Å². The highest BCUT2D eigenvalue weighted by Gasteiger charge is 2.29. The van der Waals surface area contributed by atoms with Gasteiger partial charge in [0.25, 0.3) is 0 Å². The smallest absolute Gasteiger partial charge is 0.308 e. The van der Waals surface area contributed by atoms with Crippen molar-refractivity contribution < 1.29 is 18.0 Å². The lowest BCUT2D eigenvalue weighted by atomic mass is 10.1. The number of Topliss-reactive ketones (excluding diaryl/α,β-unsaturated/α-hetero) is 1. The Morgan fingerprint density at radius 3 is 2.46 bits per heavy atom. The van der Waals surface area contributed by atoms with Crippen LogP contribution in [0.3, 0.4) is 0 Å². The number of carbonyl (C=O) groups is 2. The van der Waals surface area contributed by atoms with Crippen LogP contribution in [0.4, 0.5) is 21.9 Å². The predicted octanol–water partition coefficient (Wildman–Crippen LogP) is 3.64. The van der Waals surface area contributed by atoms with Gasteiger partial charge in [0, 0.05) is 23.5 Å². The van der Waals surface area contributed by atoms with Gasteiger partial charge in [-0.25, -0.2) is 13.2 Å². The number of fused-ring (bicyclic) bond motifs is 1. The fourth-order valence-corrected chi connectivity index (χ4v) is 4.77. The molecule has 3 rings (SSSR count). The van der Waals surface area contributed by atoms with Crippen LogP contribution in [0.25, 0.3) is 0 Å². The van der Waals surface area contributed by atoms with Gasteiger partial charge in [-0.3, -0.25) is 9.10 Å². The lowest BCUT2D eigenvalue weighted by Crippen LogP contribution is -2.31. The molecular formula is C20H23N3O4S. The molecule has 0 aromatic heterocycles. The van der Waals surface area contributed by atoms with E-state index in [1.165, 1.54) is 11.2 Å². The summed E-state index contributed by atoms with van der Waals surface area (Å²) in [5.74, 6) is 0.00734. The van der Waals surface area contributed by atoms with Crippen LogP contribution in [0.1, 0.15) is 36.2 Å². The first-order chi connectivity index (χ1) is 13.3. The van der Waals surface area contributed by atoms with E-state index in [9.17, 15) is 18.0 Å². The molecule has 0 aliphatic carbocycles. The molecule has 0 atom stereocenters. The van der Waals surface area contributed by atoms with Crippen LogP contribution in [0.2, 0.25) is 0 Å². The first-order valence-corrected chi connectivity index (χ1v) is 10.7. The van der Waals surface area contributed by atoms with Crippen molar-refractivity contribution >= 4 is 38.9 Å². The molecule has 0 unspecified atom stereocenters. The van der Waals surface area contributed by atoms with Gasteiger partial charge in [-0.05, 0) is 49.6 Å². The van der Waals surface area contributed by atoms with Crippen molar-refractivity contribution in [1.82, 2.24) is 0 Å². The minimum Gasteiger partial charge on any atom is -0.308 e. The monoisotopic (exact) mass is 401 g/mol. The SMILES string of the molecule is CCCS(=O)(=O)N1CCc2ccc(NC(=O)Nc3cccc(C(C)=O)c3)cc21. The number of nitrogens with one attached hydrogen (secondary N) is 2. The van der Waals surface area contributed by atoms with Crippen LogP contribution in [0.5, 0.6) is 0 Å². The number of ketones is 1. The lowest BCUT2D eigenvalue weighted by molar-refractivity contribution is 0.101. The highest BCUT2D eigenvalue weighted by Crippen LogP contribution is 2.33. The average molecular weight is 401 g/mol. The summed E-state index contributed by atoms with van der Waals surface area (Å²) in [6.07, 6.45) is 1.20. The quantitative estimate of drug-likeness (QED) is 0.723. The van der Waals surface area contributed by atoms with E-state index >= 15 is 0 Å². The Morgan fingerprint density at radius 1 is 1.07 bits per heavy atom. The molecule has 0 bridgehead atoms. The van der Waals surface area contributed by atoms with Crippen LogP contribution in [-0.2, 0) is 16.4 Å². The number of benzene rings is 2. The molecule has 1 aliphatic heterocycles. The van der Waals surface area contributed by atoms with Crippen molar-refractivity contribution in [2.24, 2.45) is 0 Å². The molecule has 7 nitrogen and oxygen atoms in total. The van der Waals surface area contributed by atoms with E-state index in [0.717, 1.165) is 5.56 Å². The van der Waals surface area contributed by atoms with Crippen LogP contribution in [0, 0.1) is 0 Å². The first-order valence-electron chi connectivity index (χ1n) is 9.12. The molecule has 0 saturated heterocycles. The van der Waals surface area contributed by atoms with Gasteiger partial charge in [-0.2, -0.15) is 0 Å². The topological polar surface area (TPSA) is 95.6 Å². The van der Waals surface area contributed by atoms with E-state index in [0.29, 0.717) is 42.0 Å². The Kier molecular flexibility index (Phi) is 5.69. The molecule has 2 aromatic carbocycles. The van der Waals surface area contributed by atoms with Crippen molar-refractivity contribution in [3.8, 4) is 0 Å². The number of rotatable bonds is 6. The van der Waals surface area contributed by atoms with Gasteiger partial charge in [0.1, 0.15) is 0 Å². The van der Waals surface area contributed by atoms with Gasteiger partial charge in [0.05, 0.1) is 11.4 Å². The molecule has 148 valence electrons. The summed E-state index contributed by atoms with van der Waals surface area (Å²) >= 11 is 0. The van der Waals surface area contributed by atoms with Crippen molar-refractivity contribution in [2.45, 2.75) is 26.7 Å². The van der Waals surface area contributed by atoms with Crippen molar-refractivity contribution in [3.05, 3.63) is 53.6 Å². The molecule has 1 aliphatic rings. The fraction of sp³-hybridized carbons (Fsp3) is 0.300. The Labute approximate surface area is 164 Å². The number of hydrogen-bond donors (Lipinski definition) is 2. The average Bonchev–Trinajstić information content (AvgIpc) is 3.06.